The number of carbonyl (C=O) groups is 1. The molecule has 0 saturated carbocycles. The van der Waals surface area contributed by atoms with Crippen molar-refractivity contribution in [3.8, 4) is 5.82 Å². The minimum atomic E-state index is -1.08. The van der Waals surface area contributed by atoms with Gasteiger partial charge in [0.15, 0.2) is 11.5 Å². The first-order valence-corrected chi connectivity index (χ1v) is 5.35. The molecule has 0 unspecified atom stereocenters. The van der Waals surface area contributed by atoms with Gasteiger partial charge in [-0.2, -0.15) is 5.10 Å². The summed E-state index contributed by atoms with van der Waals surface area (Å²) in [5.74, 6) is -0.597. The molecule has 0 atom stereocenters. The number of pyridine rings is 1. The molecule has 7 heteroatoms. The SMILES string of the molecule is O=C(O)c1ccn(-c2ncc(Cl)cc2Br)n1. The van der Waals surface area contributed by atoms with Crippen LogP contribution in [-0.4, -0.2) is 25.8 Å². The zero-order valence-electron chi connectivity index (χ0n) is 7.76. The number of carboxylic acids is 1. The van der Waals surface area contributed by atoms with Crippen LogP contribution in [-0.2, 0) is 0 Å². The average Bonchev–Trinajstić information content (AvgIpc) is 2.66. The number of aromatic carboxylic acids is 1. The Balaban J connectivity index is 2.46. The molecular formula is C9H5BrClN3O2. The second kappa shape index (κ2) is 4.23. The van der Waals surface area contributed by atoms with Gasteiger partial charge in [0.05, 0.1) is 9.50 Å². The van der Waals surface area contributed by atoms with Crippen molar-refractivity contribution in [3.63, 3.8) is 0 Å². The van der Waals surface area contributed by atoms with Crippen LogP contribution in [0.2, 0.25) is 5.02 Å². The van der Waals surface area contributed by atoms with Crippen LogP contribution < -0.4 is 0 Å². The maximum atomic E-state index is 10.7. The third-order valence-corrected chi connectivity index (χ3v) is 2.60. The van der Waals surface area contributed by atoms with Crippen molar-refractivity contribution in [2.24, 2.45) is 0 Å². The van der Waals surface area contributed by atoms with Gasteiger partial charge in [-0.1, -0.05) is 11.6 Å². The summed E-state index contributed by atoms with van der Waals surface area (Å²) >= 11 is 9.02. The zero-order chi connectivity index (χ0) is 11.7. The minimum Gasteiger partial charge on any atom is -0.476 e. The van der Waals surface area contributed by atoms with E-state index in [2.05, 4.69) is 26.0 Å². The number of carboxylic acid groups (broad SMARTS) is 1. The van der Waals surface area contributed by atoms with Crippen molar-refractivity contribution in [3.05, 3.63) is 39.7 Å². The van der Waals surface area contributed by atoms with Crippen molar-refractivity contribution < 1.29 is 9.90 Å². The fourth-order valence-corrected chi connectivity index (χ4v) is 1.95. The Hall–Kier alpha value is -1.40. The quantitative estimate of drug-likeness (QED) is 0.925. The number of rotatable bonds is 2. The highest BCUT2D eigenvalue weighted by molar-refractivity contribution is 9.10. The van der Waals surface area contributed by atoms with Gasteiger partial charge in [-0.25, -0.2) is 14.5 Å². The molecule has 2 heterocycles. The Morgan fingerprint density at radius 2 is 2.31 bits per heavy atom. The number of aromatic nitrogens is 3. The molecule has 0 aliphatic carbocycles. The monoisotopic (exact) mass is 301 g/mol. The van der Waals surface area contributed by atoms with E-state index in [0.717, 1.165) is 0 Å². The Morgan fingerprint density at radius 1 is 1.56 bits per heavy atom. The molecule has 0 bridgehead atoms. The van der Waals surface area contributed by atoms with Crippen LogP contribution in [0.15, 0.2) is 29.0 Å². The van der Waals surface area contributed by atoms with Crippen LogP contribution in [0.25, 0.3) is 5.82 Å². The fourth-order valence-electron chi connectivity index (χ4n) is 1.13. The zero-order valence-corrected chi connectivity index (χ0v) is 10.1. The fraction of sp³-hybridized carbons (Fsp3) is 0. The van der Waals surface area contributed by atoms with Gasteiger partial charge in [0.25, 0.3) is 0 Å². The summed E-state index contributed by atoms with van der Waals surface area (Å²) in [5, 5.41) is 13.1. The molecule has 2 aromatic rings. The summed E-state index contributed by atoms with van der Waals surface area (Å²) in [4.78, 5) is 14.7. The van der Waals surface area contributed by atoms with E-state index in [1.165, 1.54) is 23.1 Å². The van der Waals surface area contributed by atoms with Crippen LogP contribution in [0.1, 0.15) is 10.5 Å². The van der Waals surface area contributed by atoms with Gasteiger partial charge in [-0.3, -0.25) is 0 Å². The molecule has 0 saturated heterocycles. The first-order valence-electron chi connectivity index (χ1n) is 4.18. The smallest absolute Gasteiger partial charge is 0.356 e. The minimum absolute atomic E-state index is 0.0383. The van der Waals surface area contributed by atoms with E-state index in [0.29, 0.717) is 15.3 Å². The van der Waals surface area contributed by atoms with E-state index in [4.69, 9.17) is 16.7 Å². The van der Waals surface area contributed by atoms with Crippen LogP contribution in [0.4, 0.5) is 0 Å². The van der Waals surface area contributed by atoms with Crippen molar-refractivity contribution in [1.82, 2.24) is 14.8 Å². The molecule has 0 aliphatic heterocycles. The average molecular weight is 303 g/mol. The lowest BCUT2D eigenvalue weighted by Gasteiger charge is -2.02. The first-order chi connectivity index (χ1) is 7.58. The molecule has 0 aromatic carbocycles. The molecule has 1 N–H and O–H groups in total. The summed E-state index contributed by atoms with van der Waals surface area (Å²) in [6.07, 6.45) is 2.98. The highest BCUT2D eigenvalue weighted by Gasteiger charge is 2.10. The van der Waals surface area contributed by atoms with Gasteiger partial charge in [0.1, 0.15) is 0 Å². The first kappa shape index (κ1) is 11.1. The second-order valence-corrected chi connectivity index (χ2v) is 4.20. The molecule has 2 rings (SSSR count). The van der Waals surface area contributed by atoms with Crippen LogP contribution in [0, 0.1) is 0 Å². The van der Waals surface area contributed by atoms with Crippen LogP contribution in [0.5, 0.6) is 0 Å². The summed E-state index contributed by atoms with van der Waals surface area (Å²) in [7, 11) is 0. The predicted molar refractivity (Wildman–Crippen MR) is 61.0 cm³/mol. The van der Waals surface area contributed by atoms with E-state index < -0.39 is 5.97 Å². The topological polar surface area (TPSA) is 68.0 Å². The molecule has 5 nitrogen and oxygen atoms in total. The third kappa shape index (κ3) is 2.07. The molecule has 0 radical (unpaired) electrons. The van der Waals surface area contributed by atoms with Crippen LogP contribution >= 0.6 is 27.5 Å². The van der Waals surface area contributed by atoms with Gasteiger partial charge in [0.2, 0.25) is 0 Å². The summed E-state index contributed by atoms with van der Waals surface area (Å²) in [5.41, 5.74) is -0.0383. The van der Waals surface area contributed by atoms with Crippen molar-refractivity contribution in [2.45, 2.75) is 0 Å². The van der Waals surface area contributed by atoms with Crippen molar-refractivity contribution in [1.29, 1.82) is 0 Å². The number of hydrogen-bond donors (Lipinski definition) is 1. The lowest BCUT2D eigenvalue weighted by molar-refractivity contribution is 0.0690. The Morgan fingerprint density at radius 3 is 2.88 bits per heavy atom. The summed E-state index contributed by atoms with van der Waals surface area (Å²) in [6, 6.07) is 3.05. The molecular weight excluding hydrogens is 297 g/mol. The molecule has 0 amide bonds. The van der Waals surface area contributed by atoms with Gasteiger partial charge in [-0.15, -0.1) is 0 Å². The standard InChI is InChI=1S/C9H5BrClN3O2/c10-6-3-5(11)4-12-8(6)14-2-1-7(13-14)9(15)16/h1-4H,(H,15,16). The Bertz CT molecular complexity index is 555. The highest BCUT2D eigenvalue weighted by atomic mass is 79.9. The maximum Gasteiger partial charge on any atom is 0.356 e. The van der Waals surface area contributed by atoms with E-state index >= 15 is 0 Å². The number of hydrogen-bond acceptors (Lipinski definition) is 3. The summed E-state index contributed by atoms with van der Waals surface area (Å²) in [6.45, 7) is 0. The molecule has 82 valence electrons. The number of halogens is 2. The van der Waals surface area contributed by atoms with Crippen LogP contribution in [0.3, 0.4) is 0 Å². The largest absolute Gasteiger partial charge is 0.476 e. The third-order valence-electron chi connectivity index (χ3n) is 1.81. The van der Waals surface area contributed by atoms with Gasteiger partial charge >= 0.3 is 5.97 Å². The number of nitrogens with zero attached hydrogens (tertiary/aromatic N) is 3. The Kier molecular flexibility index (Phi) is 2.93. The molecule has 0 spiro atoms. The van der Waals surface area contributed by atoms with E-state index in [-0.39, 0.29) is 5.69 Å². The highest BCUT2D eigenvalue weighted by Crippen LogP contribution is 2.21. The van der Waals surface area contributed by atoms with Crippen molar-refractivity contribution in [2.75, 3.05) is 0 Å². The van der Waals surface area contributed by atoms with E-state index in [9.17, 15) is 4.79 Å². The molecule has 2 aromatic heterocycles. The van der Waals surface area contributed by atoms with Gasteiger partial charge in [0, 0.05) is 12.4 Å². The van der Waals surface area contributed by atoms with Gasteiger partial charge < -0.3 is 5.11 Å². The maximum absolute atomic E-state index is 10.7. The van der Waals surface area contributed by atoms with Gasteiger partial charge in [-0.05, 0) is 28.1 Å². The lowest BCUT2D eigenvalue weighted by atomic mass is 10.4. The normalized spacial score (nSPS) is 10.4. The van der Waals surface area contributed by atoms with Crippen molar-refractivity contribution >= 4 is 33.5 Å². The molecule has 0 fully saturated rings. The van der Waals surface area contributed by atoms with E-state index in [1.807, 2.05) is 0 Å². The Labute approximate surface area is 104 Å². The molecule has 0 aliphatic rings. The summed E-state index contributed by atoms with van der Waals surface area (Å²) < 4.78 is 2.00. The van der Waals surface area contributed by atoms with E-state index in [1.54, 1.807) is 6.07 Å². The molecule has 16 heavy (non-hydrogen) atoms. The lowest BCUT2D eigenvalue weighted by Crippen LogP contribution is -2.03. The second-order valence-electron chi connectivity index (χ2n) is 2.91. The predicted octanol–water partition coefficient (Wildman–Crippen LogP) is 2.38.